The van der Waals surface area contributed by atoms with Crippen LogP contribution in [0.2, 0.25) is 15.1 Å². The van der Waals surface area contributed by atoms with Crippen molar-refractivity contribution in [2.45, 2.75) is 0 Å². The summed E-state index contributed by atoms with van der Waals surface area (Å²) in [6.45, 7) is -0.0166. The van der Waals surface area contributed by atoms with Crippen LogP contribution in [0.15, 0.2) is 49.1 Å². The molecular weight excluding hydrogens is 451 g/mol. The first-order valence-corrected chi connectivity index (χ1v) is 9.83. The van der Waals surface area contributed by atoms with Crippen molar-refractivity contribution in [3.8, 4) is 5.69 Å². The Bertz CT molecular complexity index is 1060. The molecule has 0 saturated heterocycles. The van der Waals surface area contributed by atoms with Gasteiger partial charge in [-0.25, -0.2) is 9.67 Å². The zero-order valence-corrected chi connectivity index (χ0v) is 18.0. The van der Waals surface area contributed by atoms with Gasteiger partial charge in [0.15, 0.2) is 0 Å². The molecule has 0 unspecified atom stereocenters. The maximum Gasteiger partial charge on any atom is 0.238 e. The van der Waals surface area contributed by atoms with Gasteiger partial charge in [0.2, 0.25) is 11.8 Å². The van der Waals surface area contributed by atoms with E-state index in [0.717, 1.165) is 0 Å². The summed E-state index contributed by atoms with van der Waals surface area (Å²) in [5.74, 6) is -0.613. The monoisotopic (exact) mass is 466 g/mol. The number of amides is 2. The molecule has 1 heterocycles. The van der Waals surface area contributed by atoms with Gasteiger partial charge in [-0.3, -0.25) is 14.5 Å². The Hall–Kier alpha value is -2.65. The maximum atomic E-state index is 12.5. The fourth-order valence-corrected chi connectivity index (χ4v) is 3.12. The van der Waals surface area contributed by atoms with Gasteiger partial charge in [-0.15, -0.1) is 0 Å². The summed E-state index contributed by atoms with van der Waals surface area (Å²) in [5.41, 5.74) is 1.61. The predicted octanol–water partition coefficient (Wildman–Crippen LogP) is 3.74. The van der Waals surface area contributed by atoms with Gasteiger partial charge in [-0.05, 0) is 43.4 Å². The highest BCUT2D eigenvalue weighted by atomic mass is 35.5. The average Bonchev–Trinajstić information content (AvgIpc) is 3.19. The SMILES string of the molecule is CN(CC(=O)Nc1ccc(Cl)c(Cl)c1)CC(=O)Nc1cc(Cl)ccc1-n1cncn1. The lowest BCUT2D eigenvalue weighted by molar-refractivity contribution is -0.119. The summed E-state index contributed by atoms with van der Waals surface area (Å²) >= 11 is 17.9. The number of carbonyl (C=O) groups is 2. The van der Waals surface area contributed by atoms with Crippen LogP contribution in [-0.4, -0.2) is 51.6 Å². The molecule has 1 aromatic heterocycles. The van der Waals surface area contributed by atoms with E-state index in [1.54, 1.807) is 48.3 Å². The second-order valence-corrected chi connectivity index (χ2v) is 7.65. The lowest BCUT2D eigenvalue weighted by atomic mass is 10.2. The summed E-state index contributed by atoms with van der Waals surface area (Å²) < 4.78 is 1.51. The van der Waals surface area contributed by atoms with Crippen LogP contribution in [0.1, 0.15) is 0 Å². The Labute approximate surface area is 187 Å². The van der Waals surface area contributed by atoms with Crippen molar-refractivity contribution in [1.29, 1.82) is 0 Å². The minimum Gasteiger partial charge on any atom is -0.325 e. The lowest BCUT2D eigenvalue weighted by Crippen LogP contribution is -2.36. The molecule has 0 aliphatic heterocycles. The van der Waals surface area contributed by atoms with Crippen molar-refractivity contribution in [2.24, 2.45) is 0 Å². The van der Waals surface area contributed by atoms with Gasteiger partial charge < -0.3 is 10.6 Å². The van der Waals surface area contributed by atoms with Crippen molar-refractivity contribution in [2.75, 3.05) is 30.8 Å². The molecule has 2 N–H and O–H groups in total. The molecule has 2 amide bonds. The number of carbonyl (C=O) groups excluding carboxylic acids is 2. The molecule has 2 aromatic carbocycles. The number of rotatable bonds is 7. The van der Waals surface area contributed by atoms with Crippen LogP contribution in [0.25, 0.3) is 5.69 Å². The Morgan fingerprint density at radius 1 is 1.00 bits per heavy atom. The van der Waals surface area contributed by atoms with Gasteiger partial charge in [0, 0.05) is 10.7 Å². The van der Waals surface area contributed by atoms with E-state index >= 15 is 0 Å². The number of halogens is 3. The van der Waals surface area contributed by atoms with Gasteiger partial charge in [-0.1, -0.05) is 34.8 Å². The Morgan fingerprint density at radius 3 is 2.40 bits per heavy atom. The average molecular weight is 468 g/mol. The third-order valence-electron chi connectivity index (χ3n) is 3.93. The molecule has 0 radical (unpaired) electrons. The molecule has 0 aliphatic rings. The molecule has 0 spiro atoms. The standard InChI is InChI=1S/C19H17Cl3N6O2/c1-27(8-18(29)25-13-3-4-14(21)15(22)7-13)9-19(30)26-16-6-12(20)2-5-17(16)28-11-23-10-24-28/h2-7,10-11H,8-9H2,1H3,(H,25,29)(H,26,30). The fourth-order valence-electron chi connectivity index (χ4n) is 2.65. The minimum atomic E-state index is -0.316. The van der Waals surface area contributed by atoms with Crippen LogP contribution in [0.5, 0.6) is 0 Å². The second-order valence-electron chi connectivity index (χ2n) is 6.40. The highest BCUT2D eigenvalue weighted by Crippen LogP contribution is 2.25. The third kappa shape index (κ3) is 5.93. The molecular formula is C19H17Cl3N6O2. The van der Waals surface area contributed by atoms with E-state index in [4.69, 9.17) is 34.8 Å². The van der Waals surface area contributed by atoms with Crippen LogP contribution in [0, 0.1) is 0 Å². The number of benzene rings is 2. The molecule has 3 aromatic rings. The van der Waals surface area contributed by atoms with Crippen molar-refractivity contribution in [3.63, 3.8) is 0 Å². The maximum absolute atomic E-state index is 12.5. The van der Waals surface area contributed by atoms with Crippen LogP contribution in [0.4, 0.5) is 11.4 Å². The highest BCUT2D eigenvalue weighted by molar-refractivity contribution is 6.42. The summed E-state index contributed by atoms with van der Waals surface area (Å²) in [7, 11) is 1.66. The topological polar surface area (TPSA) is 92.2 Å². The van der Waals surface area contributed by atoms with Gasteiger partial charge in [-0.2, -0.15) is 5.10 Å². The first-order valence-electron chi connectivity index (χ1n) is 8.69. The summed E-state index contributed by atoms with van der Waals surface area (Å²) in [5, 5.41) is 10.8. The van der Waals surface area contributed by atoms with Crippen molar-refractivity contribution >= 4 is 58.0 Å². The molecule has 0 saturated carbocycles. The second kappa shape index (κ2) is 9.90. The van der Waals surface area contributed by atoms with E-state index in [0.29, 0.717) is 32.1 Å². The molecule has 11 heteroatoms. The minimum absolute atomic E-state index is 0.000849. The zero-order valence-electron chi connectivity index (χ0n) is 15.8. The van der Waals surface area contributed by atoms with Gasteiger partial charge in [0.25, 0.3) is 0 Å². The van der Waals surface area contributed by atoms with Gasteiger partial charge >= 0.3 is 0 Å². The molecule has 0 aliphatic carbocycles. The van der Waals surface area contributed by atoms with E-state index < -0.39 is 0 Å². The van der Waals surface area contributed by atoms with E-state index in [9.17, 15) is 9.59 Å². The molecule has 8 nitrogen and oxygen atoms in total. The van der Waals surface area contributed by atoms with Gasteiger partial charge in [0.1, 0.15) is 12.7 Å². The fraction of sp³-hybridized carbons (Fsp3) is 0.158. The van der Waals surface area contributed by atoms with Crippen molar-refractivity contribution in [3.05, 3.63) is 64.1 Å². The van der Waals surface area contributed by atoms with E-state index in [2.05, 4.69) is 20.7 Å². The quantitative estimate of drug-likeness (QED) is 0.552. The molecule has 156 valence electrons. The molecule has 30 heavy (non-hydrogen) atoms. The Kier molecular flexibility index (Phi) is 7.28. The van der Waals surface area contributed by atoms with Crippen LogP contribution < -0.4 is 10.6 Å². The normalized spacial score (nSPS) is 10.8. The van der Waals surface area contributed by atoms with E-state index in [1.165, 1.54) is 17.3 Å². The van der Waals surface area contributed by atoms with Gasteiger partial charge in [0.05, 0.1) is 34.5 Å². The van der Waals surface area contributed by atoms with E-state index in [1.807, 2.05) is 0 Å². The largest absolute Gasteiger partial charge is 0.325 e. The van der Waals surface area contributed by atoms with Crippen LogP contribution in [-0.2, 0) is 9.59 Å². The smallest absolute Gasteiger partial charge is 0.238 e. The third-order valence-corrected chi connectivity index (χ3v) is 4.90. The summed E-state index contributed by atoms with van der Waals surface area (Å²) in [6.07, 6.45) is 2.90. The number of hydrogen-bond donors (Lipinski definition) is 2. The molecule has 0 fully saturated rings. The number of nitrogens with zero attached hydrogens (tertiary/aromatic N) is 4. The van der Waals surface area contributed by atoms with Crippen molar-refractivity contribution < 1.29 is 9.59 Å². The summed E-state index contributed by atoms with van der Waals surface area (Å²) in [4.78, 5) is 30.2. The van der Waals surface area contributed by atoms with E-state index in [-0.39, 0.29) is 24.9 Å². The summed E-state index contributed by atoms with van der Waals surface area (Å²) in [6, 6.07) is 9.82. The first-order chi connectivity index (χ1) is 14.3. The molecule has 3 rings (SSSR count). The number of aromatic nitrogens is 3. The van der Waals surface area contributed by atoms with Crippen LogP contribution >= 0.6 is 34.8 Å². The predicted molar refractivity (Wildman–Crippen MR) is 118 cm³/mol. The highest BCUT2D eigenvalue weighted by Gasteiger charge is 2.14. The number of hydrogen-bond acceptors (Lipinski definition) is 5. The number of anilines is 2. The zero-order chi connectivity index (χ0) is 21.7. The Balaban J connectivity index is 1.58. The molecule has 0 atom stereocenters. The number of likely N-dealkylation sites (N-methyl/N-ethyl adjacent to an activating group) is 1. The lowest BCUT2D eigenvalue weighted by Gasteiger charge is -2.17. The van der Waals surface area contributed by atoms with Crippen LogP contribution in [0.3, 0.4) is 0 Å². The molecule has 0 bridgehead atoms. The Morgan fingerprint density at radius 2 is 1.73 bits per heavy atom. The number of nitrogens with one attached hydrogen (secondary N) is 2. The van der Waals surface area contributed by atoms with Crippen molar-refractivity contribution in [1.82, 2.24) is 19.7 Å². The first kappa shape index (κ1) is 22.0.